The van der Waals surface area contributed by atoms with Gasteiger partial charge in [-0.2, -0.15) is 11.8 Å². The highest BCUT2D eigenvalue weighted by Crippen LogP contribution is 2.11. The Morgan fingerprint density at radius 3 is 2.12 bits per heavy atom. The Bertz CT molecular complexity index is 819. The van der Waals surface area contributed by atoms with Crippen LogP contribution in [-0.4, -0.2) is 81.3 Å². The van der Waals surface area contributed by atoms with Crippen LogP contribution in [0.1, 0.15) is 25.8 Å². The standard InChI is InChI=1S/C21H32N4O7S/c1-11(23-19(29)15(22)10-13-4-6-14(27)7-5-13)18(28)25-17(12(2)26)20(30)24-16(21(31)32)8-9-33-3/h4-7,11-12,15-17,26-27H,8-10,22H2,1-3H3,(H,23,29)(H,24,30)(H,25,28)(H,31,32). The van der Waals surface area contributed by atoms with Gasteiger partial charge in [-0.15, -0.1) is 0 Å². The smallest absolute Gasteiger partial charge is 0.326 e. The molecular weight excluding hydrogens is 452 g/mol. The Morgan fingerprint density at radius 1 is 1.00 bits per heavy atom. The number of carboxylic acid groups (broad SMARTS) is 1. The average molecular weight is 485 g/mol. The molecule has 33 heavy (non-hydrogen) atoms. The van der Waals surface area contributed by atoms with Gasteiger partial charge in [-0.05, 0) is 56.4 Å². The van der Waals surface area contributed by atoms with Gasteiger partial charge in [0.2, 0.25) is 17.7 Å². The van der Waals surface area contributed by atoms with E-state index >= 15 is 0 Å². The maximum Gasteiger partial charge on any atom is 0.326 e. The fourth-order valence-corrected chi connectivity index (χ4v) is 3.27. The summed E-state index contributed by atoms with van der Waals surface area (Å²) in [5, 5.41) is 35.6. The Balaban J connectivity index is 2.69. The van der Waals surface area contributed by atoms with Crippen molar-refractivity contribution in [2.75, 3.05) is 12.0 Å². The van der Waals surface area contributed by atoms with Crippen molar-refractivity contribution in [1.29, 1.82) is 0 Å². The van der Waals surface area contributed by atoms with E-state index in [0.717, 1.165) is 0 Å². The first-order chi connectivity index (χ1) is 15.5. The molecule has 0 aromatic heterocycles. The Morgan fingerprint density at radius 2 is 1.61 bits per heavy atom. The summed E-state index contributed by atoms with van der Waals surface area (Å²) in [5.41, 5.74) is 6.60. The van der Waals surface area contributed by atoms with Gasteiger partial charge >= 0.3 is 5.97 Å². The van der Waals surface area contributed by atoms with Crippen molar-refractivity contribution in [1.82, 2.24) is 16.0 Å². The molecule has 0 radical (unpaired) electrons. The zero-order valence-corrected chi connectivity index (χ0v) is 19.6. The third kappa shape index (κ3) is 9.68. The lowest BCUT2D eigenvalue weighted by Crippen LogP contribution is -2.59. The largest absolute Gasteiger partial charge is 0.508 e. The highest BCUT2D eigenvalue weighted by Gasteiger charge is 2.31. The number of aromatic hydroxyl groups is 1. The summed E-state index contributed by atoms with van der Waals surface area (Å²) in [6, 6.07) is 1.54. The normalized spacial score (nSPS) is 15.4. The van der Waals surface area contributed by atoms with E-state index in [9.17, 15) is 34.5 Å². The monoisotopic (exact) mass is 484 g/mol. The van der Waals surface area contributed by atoms with Gasteiger partial charge in [0.15, 0.2) is 0 Å². The molecule has 0 heterocycles. The number of nitrogens with two attached hydrogens (primary N) is 1. The number of hydrogen-bond acceptors (Lipinski definition) is 8. The molecule has 0 aliphatic rings. The average Bonchev–Trinajstić information content (AvgIpc) is 2.75. The van der Waals surface area contributed by atoms with Gasteiger partial charge in [0.25, 0.3) is 0 Å². The molecule has 0 spiro atoms. The lowest BCUT2D eigenvalue weighted by atomic mass is 10.1. The molecule has 0 aliphatic carbocycles. The van der Waals surface area contributed by atoms with Crippen molar-refractivity contribution in [2.24, 2.45) is 5.73 Å². The molecule has 1 rings (SSSR count). The number of aliphatic carboxylic acids is 1. The number of rotatable bonds is 13. The molecule has 184 valence electrons. The number of benzene rings is 1. The first-order valence-electron chi connectivity index (χ1n) is 10.3. The first kappa shape index (κ1) is 28.2. The van der Waals surface area contributed by atoms with Gasteiger partial charge in [0, 0.05) is 0 Å². The highest BCUT2D eigenvalue weighted by atomic mass is 32.2. The summed E-state index contributed by atoms with van der Waals surface area (Å²) in [6.07, 6.45) is 0.828. The molecule has 1 aromatic carbocycles. The van der Waals surface area contributed by atoms with E-state index in [2.05, 4.69) is 16.0 Å². The Labute approximate surface area is 196 Å². The second-order valence-corrected chi connectivity index (χ2v) is 8.60. The van der Waals surface area contributed by atoms with Crippen LogP contribution in [0.5, 0.6) is 5.75 Å². The second kappa shape index (κ2) is 13.7. The van der Waals surface area contributed by atoms with Crippen molar-refractivity contribution >= 4 is 35.5 Å². The van der Waals surface area contributed by atoms with Gasteiger partial charge in [0.05, 0.1) is 12.1 Å². The fraction of sp³-hybridized carbons (Fsp3) is 0.524. The minimum Gasteiger partial charge on any atom is -0.508 e. The summed E-state index contributed by atoms with van der Waals surface area (Å²) in [6.45, 7) is 2.66. The van der Waals surface area contributed by atoms with E-state index in [1.807, 2.05) is 0 Å². The number of aliphatic hydroxyl groups excluding tert-OH is 1. The molecular formula is C21H32N4O7S. The molecule has 3 amide bonds. The predicted molar refractivity (Wildman–Crippen MR) is 124 cm³/mol. The number of amides is 3. The Hall–Kier alpha value is -2.83. The summed E-state index contributed by atoms with van der Waals surface area (Å²) < 4.78 is 0. The molecule has 5 atom stereocenters. The van der Waals surface area contributed by atoms with E-state index in [4.69, 9.17) is 5.73 Å². The van der Waals surface area contributed by atoms with Crippen molar-refractivity contribution in [3.05, 3.63) is 29.8 Å². The molecule has 0 aliphatic heterocycles. The lowest BCUT2D eigenvalue weighted by molar-refractivity contribution is -0.143. The second-order valence-electron chi connectivity index (χ2n) is 7.62. The van der Waals surface area contributed by atoms with Crippen LogP contribution in [-0.2, 0) is 25.6 Å². The summed E-state index contributed by atoms with van der Waals surface area (Å²) in [5.74, 6) is -2.86. The number of thioether (sulfide) groups is 1. The minimum absolute atomic E-state index is 0.0812. The molecule has 1 aromatic rings. The first-order valence-corrected chi connectivity index (χ1v) is 11.7. The zero-order chi connectivity index (χ0) is 25.1. The third-order valence-electron chi connectivity index (χ3n) is 4.77. The number of nitrogens with one attached hydrogen (secondary N) is 3. The van der Waals surface area contributed by atoms with Gasteiger partial charge in [-0.3, -0.25) is 14.4 Å². The number of carboxylic acids is 1. The van der Waals surface area contributed by atoms with Crippen LogP contribution in [0, 0.1) is 0 Å². The number of carbonyl (C=O) groups excluding carboxylic acids is 3. The van der Waals surface area contributed by atoms with Gasteiger partial charge in [0.1, 0.15) is 23.9 Å². The predicted octanol–water partition coefficient (Wildman–Crippen LogP) is -1.05. The van der Waals surface area contributed by atoms with E-state index in [0.29, 0.717) is 11.3 Å². The summed E-state index contributed by atoms with van der Waals surface area (Å²) in [4.78, 5) is 48.7. The van der Waals surface area contributed by atoms with Crippen LogP contribution in [0.4, 0.5) is 0 Å². The molecule has 5 unspecified atom stereocenters. The number of phenols is 1. The van der Waals surface area contributed by atoms with Crippen LogP contribution in [0.3, 0.4) is 0 Å². The lowest BCUT2D eigenvalue weighted by Gasteiger charge is -2.25. The van der Waals surface area contributed by atoms with Crippen LogP contribution in [0.15, 0.2) is 24.3 Å². The molecule has 0 fully saturated rings. The third-order valence-corrected chi connectivity index (χ3v) is 5.41. The van der Waals surface area contributed by atoms with Crippen LogP contribution >= 0.6 is 11.8 Å². The SMILES string of the molecule is CSCCC(NC(=O)C(NC(=O)C(C)NC(=O)C(N)Cc1ccc(O)cc1)C(C)O)C(=O)O. The molecule has 0 saturated heterocycles. The number of carbonyl (C=O) groups is 4. The van der Waals surface area contributed by atoms with Crippen LogP contribution in [0.2, 0.25) is 0 Å². The topological polar surface area (TPSA) is 191 Å². The number of aliphatic hydroxyl groups is 1. The van der Waals surface area contributed by atoms with Crippen molar-refractivity contribution in [2.45, 2.75) is 57.0 Å². The van der Waals surface area contributed by atoms with E-state index in [1.165, 1.54) is 37.7 Å². The zero-order valence-electron chi connectivity index (χ0n) is 18.8. The minimum atomic E-state index is -1.42. The van der Waals surface area contributed by atoms with E-state index < -0.39 is 54.0 Å². The quantitative estimate of drug-likeness (QED) is 0.183. The number of hydrogen-bond donors (Lipinski definition) is 7. The Kier molecular flexibility index (Phi) is 11.7. The van der Waals surface area contributed by atoms with Crippen LogP contribution < -0.4 is 21.7 Å². The van der Waals surface area contributed by atoms with Gasteiger partial charge in [-0.25, -0.2) is 4.79 Å². The van der Waals surface area contributed by atoms with Crippen molar-refractivity contribution in [3.8, 4) is 5.75 Å². The molecule has 8 N–H and O–H groups in total. The summed E-state index contributed by atoms with van der Waals surface area (Å²) >= 11 is 1.42. The molecule has 0 bridgehead atoms. The maximum atomic E-state index is 12.5. The molecule has 0 saturated carbocycles. The maximum absolute atomic E-state index is 12.5. The molecule has 12 heteroatoms. The highest BCUT2D eigenvalue weighted by molar-refractivity contribution is 7.98. The van der Waals surface area contributed by atoms with Crippen molar-refractivity contribution < 1.29 is 34.5 Å². The number of phenolic OH excluding ortho intramolecular Hbond substituents is 1. The van der Waals surface area contributed by atoms with Gasteiger partial charge < -0.3 is 37.0 Å². The van der Waals surface area contributed by atoms with E-state index in [1.54, 1.807) is 18.4 Å². The fourth-order valence-electron chi connectivity index (χ4n) is 2.80. The van der Waals surface area contributed by atoms with E-state index in [-0.39, 0.29) is 18.6 Å². The summed E-state index contributed by atoms with van der Waals surface area (Å²) in [7, 11) is 0. The van der Waals surface area contributed by atoms with Crippen molar-refractivity contribution in [3.63, 3.8) is 0 Å². The molecule has 11 nitrogen and oxygen atoms in total. The van der Waals surface area contributed by atoms with Gasteiger partial charge in [-0.1, -0.05) is 12.1 Å². The van der Waals surface area contributed by atoms with Crippen LogP contribution in [0.25, 0.3) is 0 Å².